The molecule has 0 bridgehead atoms. The molecule has 2 unspecified atom stereocenters. The Kier molecular flexibility index (Phi) is 6.29. The normalized spacial score (nSPS) is 22.1. The van der Waals surface area contributed by atoms with Crippen LogP contribution in [-0.4, -0.2) is 22.8 Å². The van der Waals surface area contributed by atoms with Gasteiger partial charge in [-0.1, -0.05) is 39.0 Å². The molecule has 1 aliphatic rings. The Morgan fingerprint density at radius 1 is 1.35 bits per heavy atom. The SMILES string of the molecule is CC1CC(OC(=O)CC(=O)C=Cc2cccc([N+](=O)[O-])c2)CC(C)(C)C1. The van der Waals surface area contributed by atoms with Gasteiger partial charge in [0.05, 0.1) is 4.92 Å². The maximum absolute atomic E-state index is 12.0. The molecule has 0 amide bonds. The van der Waals surface area contributed by atoms with E-state index in [-0.39, 0.29) is 29.4 Å². The zero-order valence-corrected chi connectivity index (χ0v) is 15.4. The van der Waals surface area contributed by atoms with E-state index in [0.29, 0.717) is 11.5 Å². The van der Waals surface area contributed by atoms with Crippen molar-refractivity contribution in [1.82, 2.24) is 0 Å². The average molecular weight is 359 g/mol. The number of ether oxygens (including phenoxy) is 1. The molecule has 0 N–H and O–H groups in total. The lowest BCUT2D eigenvalue weighted by molar-refractivity contribution is -0.384. The summed E-state index contributed by atoms with van der Waals surface area (Å²) in [7, 11) is 0. The lowest BCUT2D eigenvalue weighted by Gasteiger charge is -2.38. The van der Waals surface area contributed by atoms with Crippen molar-refractivity contribution < 1.29 is 19.2 Å². The second-order valence-electron chi connectivity index (χ2n) is 7.85. The van der Waals surface area contributed by atoms with Crippen LogP contribution in [0.1, 0.15) is 52.0 Å². The van der Waals surface area contributed by atoms with Crippen molar-refractivity contribution >= 4 is 23.5 Å². The molecule has 0 spiro atoms. The maximum atomic E-state index is 12.0. The molecule has 1 saturated carbocycles. The second kappa shape index (κ2) is 8.25. The van der Waals surface area contributed by atoms with Crippen LogP contribution in [0, 0.1) is 21.4 Å². The van der Waals surface area contributed by atoms with Crippen LogP contribution in [-0.2, 0) is 14.3 Å². The van der Waals surface area contributed by atoms with Crippen LogP contribution in [0.25, 0.3) is 6.08 Å². The predicted molar refractivity (Wildman–Crippen MR) is 98.4 cm³/mol. The summed E-state index contributed by atoms with van der Waals surface area (Å²) >= 11 is 0. The van der Waals surface area contributed by atoms with Crippen molar-refractivity contribution in [3.8, 4) is 0 Å². The van der Waals surface area contributed by atoms with E-state index in [1.165, 1.54) is 24.3 Å². The van der Waals surface area contributed by atoms with E-state index < -0.39 is 10.9 Å². The monoisotopic (exact) mass is 359 g/mol. The largest absolute Gasteiger partial charge is 0.462 e. The van der Waals surface area contributed by atoms with Gasteiger partial charge in [0.2, 0.25) is 0 Å². The number of rotatable bonds is 6. The van der Waals surface area contributed by atoms with Gasteiger partial charge in [-0.15, -0.1) is 0 Å². The molecule has 0 saturated heterocycles. The molecular weight excluding hydrogens is 334 g/mol. The number of carbonyl (C=O) groups excluding carboxylic acids is 2. The number of allylic oxidation sites excluding steroid dienone is 1. The molecule has 1 fully saturated rings. The second-order valence-corrected chi connectivity index (χ2v) is 7.85. The van der Waals surface area contributed by atoms with Crippen molar-refractivity contribution in [2.75, 3.05) is 0 Å². The molecule has 2 rings (SSSR count). The summed E-state index contributed by atoms with van der Waals surface area (Å²) in [4.78, 5) is 34.2. The molecule has 0 radical (unpaired) electrons. The molecule has 6 nitrogen and oxygen atoms in total. The predicted octanol–water partition coefficient (Wildman–Crippen LogP) is 4.33. The minimum absolute atomic E-state index is 0.0481. The van der Waals surface area contributed by atoms with E-state index >= 15 is 0 Å². The van der Waals surface area contributed by atoms with Gasteiger partial charge in [-0.05, 0) is 42.2 Å². The smallest absolute Gasteiger partial charge is 0.313 e. The first-order valence-corrected chi connectivity index (χ1v) is 8.79. The number of nitro benzene ring substituents is 1. The van der Waals surface area contributed by atoms with E-state index in [0.717, 1.165) is 19.3 Å². The van der Waals surface area contributed by atoms with Crippen LogP contribution in [0.15, 0.2) is 30.3 Å². The molecule has 0 aromatic heterocycles. The van der Waals surface area contributed by atoms with Gasteiger partial charge in [0, 0.05) is 12.1 Å². The number of hydrogen-bond acceptors (Lipinski definition) is 5. The van der Waals surface area contributed by atoms with Crippen molar-refractivity contribution in [2.24, 2.45) is 11.3 Å². The Hall–Kier alpha value is -2.50. The highest BCUT2D eigenvalue weighted by Crippen LogP contribution is 2.39. The van der Waals surface area contributed by atoms with Crippen LogP contribution >= 0.6 is 0 Å². The number of nitro groups is 1. The number of nitrogens with zero attached hydrogens (tertiary/aromatic N) is 1. The fourth-order valence-electron chi connectivity index (χ4n) is 3.71. The van der Waals surface area contributed by atoms with Crippen LogP contribution < -0.4 is 0 Å². The van der Waals surface area contributed by atoms with Crippen LogP contribution in [0.3, 0.4) is 0 Å². The third-order valence-electron chi connectivity index (χ3n) is 4.51. The number of benzene rings is 1. The van der Waals surface area contributed by atoms with E-state index in [9.17, 15) is 19.7 Å². The summed E-state index contributed by atoms with van der Waals surface area (Å²) in [6.45, 7) is 6.47. The molecule has 1 aliphatic carbocycles. The third-order valence-corrected chi connectivity index (χ3v) is 4.51. The van der Waals surface area contributed by atoms with Gasteiger partial charge in [0.15, 0.2) is 5.78 Å². The molecule has 0 aliphatic heterocycles. The van der Waals surface area contributed by atoms with E-state index in [1.807, 2.05) is 0 Å². The topological polar surface area (TPSA) is 86.5 Å². The zero-order chi connectivity index (χ0) is 19.3. The summed E-state index contributed by atoms with van der Waals surface area (Å²) in [5, 5.41) is 10.7. The van der Waals surface area contributed by atoms with Gasteiger partial charge in [-0.3, -0.25) is 19.7 Å². The van der Waals surface area contributed by atoms with Crippen LogP contribution in [0.2, 0.25) is 0 Å². The molecule has 1 aromatic rings. The number of non-ortho nitro benzene ring substituents is 1. The molecule has 2 atom stereocenters. The molecule has 26 heavy (non-hydrogen) atoms. The Morgan fingerprint density at radius 2 is 2.08 bits per heavy atom. The number of ketones is 1. The highest BCUT2D eigenvalue weighted by molar-refractivity contribution is 6.04. The van der Waals surface area contributed by atoms with Crippen LogP contribution in [0.5, 0.6) is 0 Å². The first-order valence-electron chi connectivity index (χ1n) is 8.79. The van der Waals surface area contributed by atoms with E-state index in [2.05, 4.69) is 20.8 Å². The summed E-state index contributed by atoms with van der Waals surface area (Å²) in [6.07, 6.45) is 4.99. The summed E-state index contributed by atoms with van der Waals surface area (Å²) in [5.74, 6) is -0.417. The maximum Gasteiger partial charge on any atom is 0.313 e. The Bertz CT molecular complexity index is 723. The summed E-state index contributed by atoms with van der Waals surface area (Å²) in [5.41, 5.74) is 0.617. The van der Waals surface area contributed by atoms with Gasteiger partial charge in [0.1, 0.15) is 12.5 Å². The van der Waals surface area contributed by atoms with Crippen molar-refractivity contribution in [1.29, 1.82) is 0 Å². The fourth-order valence-corrected chi connectivity index (χ4v) is 3.71. The first-order chi connectivity index (χ1) is 12.1. The minimum Gasteiger partial charge on any atom is -0.462 e. The van der Waals surface area contributed by atoms with Crippen molar-refractivity contribution in [3.63, 3.8) is 0 Å². The molecule has 6 heteroatoms. The van der Waals surface area contributed by atoms with Gasteiger partial charge < -0.3 is 4.74 Å². The first kappa shape index (κ1) is 19.8. The van der Waals surface area contributed by atoms with Gasteiger partial charge in [-0.2, -0.15) is 0 Å². The number of esters is 1. The zero-order valence-electron chi connectivity index (χ0n) is 15.4. The standard InChI is InChI=1S/C20H25NO5/c1-14-9-18(13-20(2,3)12-14)26-19(23)11-17(22)8-7-15-5-4-6-16(10-15)21(24)25/h4-8,10,14,18H,9,11-13H2,1-3H3. The Balaban J connectivity index is 1.88. The van der Waals surface area contributed by atoms with Crippen molar-refractivity contribution in [3.05, 3.63) is 46.0 Å². The minimum atomic E-state index is -0.520. The summed E-state index contributed by atoms with van der Waals surface area (Å²) < 4.78 is 5.49. The molecule has 140 valence electrons. The molecular formula is C20H25NO5. The van der Waals surface area contributed by atoms with Gasteiger partial charge in [0.25, 0.3) is 5.69 Å². The molecule has 1 aromatic carbocycles. The number of hydrogen-bond donors (Lipinski definition) is 0. The van der Waals surface area contributed by atoms with Gasteiger partial charge in [-0.25, -0.2) is 0 Å². The Labute approximate surface area is 153 Å². The summed E-state index contributed by atoms with van der Waals surface area (Å²) in [6, 6.07) is 5.94. The van der Waals surface area contributed by atoms with Gasteiger partial charge >= 0.3 is 5.97 Å². The highest BCUT2D eigenvalue weighted by atomic mass is 16.6. The lowest BCUT2D eigenvalue weighted by atomic mass is 9.71. The quantitative estimate of drug-likeness (QED) is 0.248. The van der Waals surface area contributed by atoms with E-state index in [1.54, 1.807) is 12.1 Å². The Morgan fingerprint density at radius 3 is 2.73 bits per heavy atom. The van der Waals surface area contributed by atoms with Crippen LogP contribution in [0.4, 0.5) is 5.69 Å². The third kappa shape index (κ3) is 6.10. The fraction of sp³-hybridized carbons (Fsp3) is 0.500. The molecule has 0 heterocycles. The average Bonchev–Trinajstić information content (AvgIpc) is 2.51. The highest BCUT2D eigenvalue weighted by Gasteiger charge is 2.34. The lowest BCUT2D eigenvalue weighted by Crippen LogP contribution is -2.34. The van der Waals surface area contributed by atoms with Crippen molar-refractivity contribution in [2.45, 2.75) is 52.6 Å². The number of carbonyl (C=O) groups is 2. The van der Waals surface area contributed by atoms with E-state index in [4.69, 9.17) is 4.74 Å².